The van der Waals surface area contributed by atoms with Crippen LogP contribution in [0.1, 0.15) is 22.7 Å². The molecule has 0 saturated carbocycles. The Labute approximate surface area is 193 Å². The Morgan fingerprint density at radius 2 is 1.28 bits per heavy atom. The highest BCUT2D eigenvalue weighted by atomic mass is 32.2. The molecule has 160 valence electrons. The van der Waals surface area contributed by atoms with Crippen LogP contribution in [0.25, 0.3) is 6.08 Å². The first-order chi connectivity index (χ1) is 15.8. The highest BCUT2D eigenvalue weighted by molar-refractivity contribution is 8.18. The van der Waals surface area contributed by atoms with E-state index in [0.717, 1.165) is 36.9 Å². The van der Waals surface area contributed by atoms with Crippen molar-refractivity contribution in [1.82, 2.24) is 9.80 Å². The standard InChI is InChI=1S/C27H25N3OS/c31-26-24(20-21-10-4-1-5-11-21)32-27(28-26)30-18-16-29(17-19-30)25(22-12-6-2-7-13-22)23-14-8-3-9-15-23/h1-15,20,25H,16-19H2. The Morgan fingerprint density at radius 3 is 1.84 bits per heavy atom. The number of benzene rings is 3. The molecule has 2 aliphatic rings. The number of hydrogen-bond acceptors (Lipinski definition) is 4. The van der Waals surface area contributed by atoms with Crippen molar-refractivity contribution in [1.29, 1.82) is 0 Å². The highest BCUT2D eigenvalue weighted by Crippen LogP contribution is 2.33. The molecule has 1 saturated heterocycles. The number of carbonyl (C=O) groups is 1. The van der Waals surface area contributed by atoms with Crippen molar-refractivity contribution in [2.45, 2.75) is 6.04 Å². The Hall–Kier alpha value is -3.15. The van der Waals surface area contributed by atoms with Crippen molar-refractivity contribution in [3.05, 3.63) is 113 Å². The smallest absolute Gasteiger partial charge is 0.286 e. The van der Waals surface area contributed by atoms with Gasteiger partial charge in [-0.05, 0) is 34.5 Å². The van der Waals surface area contributed by atoms with Crippen molar-refractivity contribution in [3.8, 4) is 0 Å². The van der Waals surface area contributed by atoms with E-state index in [0.29, 0.717) is 4.91 Å². The number of aliphatic imine (C=N–C) groups is 1. The molecule has 3 aromatic carbocycles. The zero-order chi connectivity index (χ0) is 21.8. The maximum Gasteiger partial charge on any atom is 0.286 e. The van der Waals surface area contributed by atoms with Crippen molar-refractivity contribution in [3.63, 3.8) is 0 Å². The molecule has 2 aliphatic heterocycles. The van der Waals surface area contributed by atoms with Gasteiger partial charge < -0.3 is 4.90 Å². The van der Waals surface area contributed by atoms with Crippen molar-refractivity contribution in [2.75, 3.05) is 26.2 Å². The lowest BCUT2D eigenvalue weighted by molar-refractivity contribution is -0.113. The van der Waals surface area contributed by atoms with Crippen LogP contribution in [0.4, 0.5) is 0 Å². The number of thioether (sulfide) groups is 1. The normalized spacial score (nSPS) is 18.4. The lowest BCUT2D eigenvalue weighted by Gasteiger charge is -2.40. The maximum absolute atomic E-state index is 12.5. The molecular formula is C27H25N3OS. The van der Waals surface area contributed by atoms with Gasteiger partial charge in [-0.25, -0.2) is 0 Å². The summed E-state index contributed by atoms with van der Waals surface area (Å²) >= 11 is 1.49. The van der Waals surface area contributed by atoms with Gasteiger partial charge in [0.2, 0.25) is 0 Å². The lowest BCUT2D eigenvalue weighted by atomic mass is 9.96. The quantitative estimate of drug-likeness (QED) is 0.532. The second-order valence-corrected chi connectivity index (χ2v) is 8.98. The van der Waals surface area contributed by atoms with Gasteiger partial charge in [-0.3, -0.25) is 9.69 Å². The summed E-state index contributed by atoms with van der Waals surface area (Å²) < 4.78 is 0. The SMILES string of the molecule is O=C1N=C(N2CCN(C(c3ccccc3)c3ccccc3)CC2)SC1=Cc1ccccc1. The minimum absolute atomic E-state index is 0.136. The van der Waals surface area contributed by atoms with Crippen molar-refractivity contribution in [2.24, 2.45) is 4.99 Å². The predicted octanol–water partition coefficient (Wildman–Crippen LogP) is 5.06. The summed E-state index contributed by atoms with van der Waals surface area (Å²) in [5, 5.41) is 0.827. The van der Waals surface area contributed by atoms with Gasteiger partial charge in [0.1, 0.15) is 0 Å². The monoisotopic (exact) mass is 439 g/mol. The number of rotatable bonds is 4. The van der Waals surface area contributed by atoms with Gasteiger partial charge >= 0.3 is 0 Å². The molecule has 1 fully saturated rings. The van der Waals surface area contributed by atoms with Crippen LogP contribution in [0, 0.1) is 0 Å². The Bertz CT molecular complexity index is 1080. The summed E-state index contributed by atoms with van der Waals surface area (Å²) in [6, 6.07) is 31.6. The summed E-state index contributed by atoms with van der Waals surface area (Å²) in [4.78, 5) is 22.3. The molecule has 2 heterocycles. The van der Waals surface area contributed by atoms with E-state index in [2.05, 4.69) is 75.5 Å². The molecule has 0 aliphatic carbocycles. The lowest BCUT2D eigenvalue weighted by Crippen LogP contribution is -2.49. The van der Waals surface area contributed by atoms with Crippen LogP contribution in [0.2, 0.25) is 0 Å². The summed E-state index contributed by atoms with van der Waals surface area (Å²) in [6.45, 7) is 3.54. The molecular weight excluding hydrogens is 414 g/mol. The van der Waals surface area contributed by atoms with E-state index in [1.165, 1.54) is 22.9 Å². The van der Waals surface area contributed by atoms with E-state index in [4.69, 9.17) is 0 Å². The van der Waals surface area contributed by atoms with Crippen LogP contribution >= 0.6 is 11.8 Å². The van der Waals surface area contributed by atoms with Gasteiger partial charge in [0.15, 0.2) is 5.17 Å². The van der Waals surface area contributed by atoms with Crippen LogP contribution in [-0.4, -0.2) is 47.1 Å². The topological polar surface area (TPSA) is 35.9 Å². The average molecular weight is 440 g/mol. The fourth-order valence-electron chi connectivity index (χ4n) is 4.29. The minimum Gasteiger partial charge on any atom is -0.348 e. The number of amides is 1. The number of carbonyl (C=O) groups excluding carboxylic acids is 1. The van der Waals surface area contributed by atoms with E-state index in [-0.39, 0.29) is 11.9 Å². The molecule has 4 nitrogen and oxygen atoms in total. The van der Waals surface area contributed by atoms with Crippen molar-refractivity contribution < 1.29 is 4.79 Å². The maximum atomic E-state index is 12.5. The summed E-state index contributed by atoms with van der Waals surface area (Å²) in [6.07, 6.45) is 1.93. The molecule has 0 N–H and O–H groups in total. The second-order valence-electron chi connectivity index (χ2n) is 7.97. The molecule has 3 aromatic rings. The fourth-order valence-corrected chi connectivity index (χ4v) is 5.25. The van der Waals surface area contributed by atoms with Crippen LogP contribution in [0.3, 0.4) is 0 Å². The molecule has 0 spiro atoms. The van der Waals surface area contributed by atoms with E-state index in [1.54, 1.807) is 0 Å². The predicted molar refractivity (Wildman–Crippen MR) is 132 cm³/mol. The molecule has 32 heavy (non-hydrogen) atoms. The van der Waals surface area contributed by atoms with Crippen LogP contribution in [-0.2, 0) is 4.79 Å². The molecule has 0 unspecified atom stereocenters. The van der Waals surface area contributed by atoms with E-state index in [9.17, 15) is 4.79 Å². The van der Waals surface area contributed by atoms with E-state index < -0.39 is 0 Å². The number of piperazine rings is 1. The van der Waals surface area contributed by atoms with Crippen LogP contribution < -0.4 is 0 Å². The fraction of sp³-hybridized carbons (Fsp3) is 0.185. The number of nitrogens with zero attached hydrogens (tertiary/aromatic N) is 3. The minimum atomic E-state index is -0.136. The van der Waals surface area contributed by atoms with Crippen LogP contribution in [0.5, 0.6) is 0 Å². The van der Waals surface area contributed by atoms with Gasteiger partial charge in [0.05, 0.1) is 10.9 Å². The van der Waals surface area contributed by atoms with Gasteiger partial charge in [-0.15, -0.1) is 0 Å². The molecule has 5 rings (SSSR count). The van der Waals surface area contributed by atoms with Gasteiger partial charge in [0, 0.05) is 26.2 Å². The molecule has 0 radical (unpaired) electrons. The van der Waals surface area contributed by atoms with Gasteiger partial charge in [-0.2, -0.15) is 4.99 Å². The van der Waals surface area contributed by atoms with E-state index in [1.807, 2.05) is 36.4 Å². The highest BCUT2D eigenvalue weighted by Gasteiger charge is 2.31. The zero-order valence-corrected chi connectivity index (χ0v) is 18.6. The Morgan fingerprint density at radius 1 is 0.750 bits per heavy atom. The van der Waals surface area contributed by atoms with Gasteiger partial charge in [-0.1, -0.05) is 91.0 Å². The first-order valence-corrected chi connectivity index (χ1v) is 11.8. The molecule has 1 amide bonds. The summed E-state index contributed by atoms with van der Waals surface area (Å²) in [7, 11) is 0. The van der Waals surface area contributed by atoms with Crippen LogP contribution in [0.15, 0.2) is 101 Å². The number of amidine groups is 1. The summed E-state index contributed by atoms with van der Waals surface area (Å²) in [5.74, 6) is -0.136. The molecule has 0 atom stereocenters. The second kappa shape index (κ2) is 9.55. The van der Waals surface area contributed by atoms with E-state index >= 15 is 0 Å². The third kappa shape index (κ3) is 4.54. The Balaban J connectivity index is 1.29. The largest absolute Gasteiger partial charge is 0.348 e. The summed E-state index contributed by atoms with van der Waals surface area (Å²) in [5.41, 5.74) is 3.64. The first kappa shape index (κ1) is 20.7. The average Bonchev–Trinajstić information content (AvgIpc) is 3.22. The third-order valence-electron chi connectivity index (χ3n) is 5.89. The van der Waals surface area contributed by atoms with Gasteiger partial charge in [0.25, 0.3) is 5.91 Å². The first-order valence-electron chi connectivity index (χ1n) is 10.9. The third-order valence-corrected chi connectivity index (χ3v) is 6.93. The Kier molecular flexibility index (Phi) is 6.19. The molecule has 0 aromatic heterocycles. The number of hydrogen-bond donors (Lipinski definition) is 0. The molecule has 0 bridgehead atoms. The van der Waals surface area contributed by atoms with Crippen molar-refractivity contribution >= 4 is 28.9 Å². The molecule has 5 heteroatoms. The zero-order valence-electron chi connectivity index (χ0n) is 17.8.